The number of nitrogens with zero attached hydrogens (tertiary/aromatic N) is 2. The molecule has 3 rings (SSSR count). The van der Waals surface area contributed by atoms with Crippen LogP contribution in [0.4, 0.5) is 0 Å². The van der Waals surface area contributed by atoms with Crippen molar-refractivity contribution in [2.24, 2.45) is 0 Å². The van der Waals surface area contributed by atoms with E-state index in [9.17, 15) is 10.1 Å². The first-order chi connectivity index (χ1) is 15.6. The summed E-state index contributed by atoms with van der Waals surface area (Å²) in [5.41, 5.74) is 2.84. The molecule has 0 aliphatic carbocycles. The fraction of sp³-hybridized carbons (Fsp3) is 0.360. The summed E-state index contributed by atoms with van der Waals surface area (Å²) in [6.07, 6.45) is 1.55. The highest BCUT2D eigenvalue weighted by Gasteiger charge is 2.13. The predicted octanol–water partition coefficient (Wildman–Crippen LogP) is 2.94. The van der Waals surface area contributed by atoms with Crippen LogP contribution in [0.5, 0.6) is 11.5 Å². The minimum Gasteiger partial charge on any atom is -0.493 e. The maximum Gasteiger partial charge on any atom is 0.262 e. The molecule has 0 spiro atoms. The van der Waals surface area contributed by atoms with Gasteiger partial charge in [-0.05, 0) is 36.3 Å². The zero-order valence-electron chi connectivity index (χ0n) is 18.6. The number of methoxy groups -OCH3 is 1. The Bertz CT molecular complexity index is 974. The topological polar surface area (TPSA) is 83.8 Å². The van der Waals surface area contributed by atoms with Gasteiger partial charge in [-0.25, -0.2) is 0 Å². The number of carbonyl (C=O) groups is 1. The number of carbonyl (C=O) groups excluding carboxylic acids is 1. The Morgan fingerprint density at radius 3 is 2.62 bits per heavy atom. The zero-order valence-corrected chi connectivity index (χ0v) is 18.6. The lowest BCUT2D eigenvalue weighted by Crippen LogP contribution is -2.38. The number of benzene rings is 2. The van der Waals surface area contributed by atoms with Crippen LogP contribution in [0.3, 0.4) is 0 Å². The Hall–Kier alpha value is -3.34. The van der Waals surface area contributed by atoms with Crippen LogP contribution in [0.25, 0.3) is 6.08 Å². The molecule has 0 saturated carbocycles. The predicted molar refractivity (Wildman–Crippen MR) is 122 cm³/mol. The van der Waals surface area contributed by atoms with E-state index in [1.807, 2.05) is 37.3 Å². The van der Waals surface area contributed by atoms with Gasteiger partial charge in [0.05, 0.1) is 20.3 Å². The molecule has 0 bridgehead atoms. The van der Waals surface area contributed by atoms with Crippen LogP contribution in [0, 0.1) is 18.3 Å². The second-order valence-corrected chi connectivity index (χ2v) is 7.55. The highest BCUT2D eigenvalue weighted by Crippen LogP contribution is 2.29. The number of hydrogen-bond acceptors (Lipinski definition) is 6. The van der Waals surface area contributed by atoms with Crippen molar-refractivity contribution in [3.63, 3.8) is 0 Å². The van der Waals surface area contributed by atoms with Gasteiger partial charge in [0.2, 0.25) is 0 Å². The van der Waals surface area contributed by atoms with Crippen molar-refractivity contribution in [2.75, 3.05) is 46.6 Å². The Balaban J connectivity index is 1.60. The van der Waals surface area contributed by atoms with Crippen molar-refractivity contribution in [2.45, 2.75) is 13.5 Å². The van der Waals surface area contributed by atoms with E-state index in [1.165, 1.54) is 0 Å². The second-order valence-electron chi connectivity index (χ2n) is 7.55. The molecule has 1 aliphatic rings. The lowest BCUT2D eigenvalue weighted by Gasteiger charge is -2.26. The van der Waals surface area contributed by atoms with Crippen LogP contribution < -0.4 is 14.8 Å². The first-order valence-corrected chi connectivity index (χ1v) is 10.7. The molecule has 168 valence electrons. The average molecular weight is 436 g/mol. The van der Waals surface area contributed by atoms with Gasteiger partial charge in [0.1, 0.15) is 18.2 Å². The van der Waals surface area contributed by atoms with Gasteiger partial charge in [0.15, 0.2) is 11.5 Å². The van der Waals surface area contributed by atoms with Crippen LogP contribution in [-0.2, 0) is 16.1 Å². The number of hydrogen-bond donors (Lipinski definition) is 1. The van der Waals surface area contributed by atoms with Crippen molar-refractivity contribution in [3.05, 3.63) is 64.7 Å². The molecule has 0 atom stereocenters. The van der Waals surface area contributed by atoms with Gasteiger partial charge in [0.25, 0.3) is 5.91 Å². The summed E-state index contributed by atoms with van der Waals surface area (Å²) >= 11 is 0. The van der Waals surface area contributed by atoms with Crippen LogP contribution in [0.15, 0.2) is 48.0 Å². The maximum absolute atomic E-state index is 12.5. The molecule has 1 fully saturated rings. The van der Waals surface area contributed by atoms with E-state index in [-0.39, 0.29) is 5.57 Å². The number of morpholine rings is 1. The summed E-state index contributed by atoms with van der Waals surface area (Å²) in [5, 5.41) is 12.3. The zero-order chi connectivity index (χ0) is 22.8. The quantitative estimate of drug-likeness (QED) is 0.482. The number of rotatable bonds is 9. The van der Waals surface area contributed by atoms with E-state index in [2.05, 4.69) is 10.2 Å². The molecule has 32 heavy (non-hydrogen) atoms. The number of amides is 1. The smallest absolute Gasteiger partial charge is 0.262 e. The monoisotopic (exact) mass is 435 g/mol. The van der Waals surface area contributed by atoms with Gasteiger partial charge < -0.3 is 19.5 Å². The first kappa shape index (κ1) is 23.3. The molecule has 7 nitrogen and oxygen atoms in total. The largest absolute Gasteiger partial charge is 0.493 e. The number of ether oxygens (including phenoxy) is 3. The second kappa shape index (κ2) is 11.9. The summed E-state index contributed by atoms with van der Waals surface area (Å²) in [6, 6.07) is 15.2. The molecule has 1 heterocycles. The molecular weight excluding hydrogens is 406 g/mol. The third-order valence-corrected chi connectivity index (χ3v) is 5.21. The number of nitrogens with one attached hydrogen (secondary N) is 1. The van der Waals surface area contributed by atoms with E-state index in [1.54, 1.807) is 31.4 Å². The summed E-state index contributed by atoms with van der Waals surface area (Å²) in [4.78, 5) is 14.8. The molecule has 7 heteroatoms. The van der Waals surface area contributed by atoms with Gasteiger partial charge in [-0.3, -0.25) is 9.69 Å². The molecule has 1 amide bonds. The van der Waals surface area contributed by atoms with Crippen molar-refractivity contribution in [1.82, 2.24) is 10.2 Å². The van der Waals surface area contributed by atoms with E-state index in [0.717, 1.165) is 44.0 Å². The van der Waals surface area contributed by atoms with Crippen molar-refractivity contribution in [1.29, 1.82) is 5.26 Å². The molecule has 1 N–H and O–H groups in total. The summed E-state index contributed by atoms with van der Waals surface area (Å²) in [7, 11) is 1.57. The Kier molecular flexibility index (Phi) is 8.67. The minimum absolute atomic E-state index is 0.0279. The highest BCUT2D eigenvalue weighted by molar-refractivity contribution is 6.01. The lowest BCUT2D eigenvalue weighted by molar-refractivity contribution is -0.117. The van der Waals surface area contributed by atoms with E-state index < -0.39 is 5.91 Å². The van der Waals surface area contributed by atoms with E-state index in [0.29, 0.717) is 30.2 Å². The van der Waals surface area contributed by atoms with Gasteiger partial charge in [-0.2, -0.15) is 5.26 Å². The van der Waals surface area contributed by atoms with Gasteiger partial charge >= 0.3 is 0 Å². The van der Waals surface area contributed by atoms with Crippen LogP contribution in [0.1, 0.15) is 16.7 Å². The summed E-state index contributed by atoms with van der Waals surface area (Å²) in [6.45, 7) is 7.05. The molecule has 0 radical (unpaired) electrons. The van der Waals surface area contributed by atoms with Crippen LogP contribution >= 0.6 is 0 Å². The van der Waals surface area contributed by atoms with Crippen molar-refractivity contribution < 1.29 is 19.0 Å². The van der Waals surface area contributed by atoms with E-state index in [4.69, 9.17) is 14.2 Å². The number of aryl methyl sites for hydroxylation is 1. The summed E-state index contributed by atoms with van der Waals surface area (Å²) < 4.78 is 16.7. The van der Waals surface area contributed by atoms with Crippen molar-refractivity contribution in [3.8, 4) is 17.6 Å². The van der Waals surface area contributed by atoms with Gasteiger partial charge in [-0.15, -0.1) is 0 Å². The van der Waals surface area contributed by atoms with Crippen molar-refractivity contribution >= 4 is 12.0 Å². The van der Waals surface area contributed by atoms with Crippen LogP contribution in [0.2, 0.25) is 0 Å². The molecule has 1 aliphatic heterocycles. The van der Waals surface area contributed by atoms with Gasteiger partial charge in [0, 0.05) is 26.2 Å². The first-order valence-electron chi connectivity index (χ1n) is 10.7. The molecular formula is C25H29N3O4. The summed E-state index contributed by atoms with van der Waals surface area (Å²) in [5.74, 6) is 0.760. The maximum atomic E-state index is 12.5. The minimum atomic E-state index is -0.419. The Morgan fingerprint density at radius 1 is 1.19 bits per heavy atom. The molecule has 2 aromatic rings. The SMILES string of the molecule is COc1cc(C=C(C#N)C(=O)NCc2ccc(C)cc2)ccc1OCCN1CCOCC1. The third-order valence-electron chi connectivity index (χ3n) is 5.21. The lowest BCUT2D eigenvalue weighted by atomic mass is 10.1. The fourth-order valence-corrected chi connectivity index (χ4v) is 3.30. The third kappa shape index (κ3) is 6.84. The van der Waals surface area contributed by atoms with Crippen LogP contribution in [-0.4, -0.2) is 57.4 Å². The fourth-order valence-electron chi connectivity index (χ4n) is 3.30. The Labute approximate surface area is 189 Å². The Morgan fingerprint density at radius 2 is 1.94 bits per heavy atom. The molecule has 1 saturated heterocycles. The average Bonchev–Trinajstić information content (AvgIpc) is 2.83. The van der Waals surface area contributed by atoms with E-state index >= 15 is 0 Å². The normalized spacial score (nSPS) is 14.5. The highest BCUT2D eigenvalue weighted by atomic mass is 16.5. The van der Waals surface area contributed by atoms with Gasteiger partial charge in [-0.1, -0.05) is 35.9 Å². The molecule has 2 aromatic carbocycles. The molecule has 0 aromatic heterocycles. The number of nitriles is 1. The molecule has 0 unspecified atom stereocenters. The standard InChI is InChI=1S/C25H29N3O4/c1-19-3-5-20(6-4-19)18-27-25(29)22(17-26)15-21-7-8-23(24(16-21)30-2)32-14-11-28-9-12-31-13-10-28/h3-8,15-16H,9-14,18H2,1-2H3,(H,27,29).